The summed E-state index contributed by atoms with van der Waals surface area (Å²) in [5.74, 6) is -2.34. The van der Waals surface area contributed by atoms with Gasteiger partial charge in [-0.3, -0.25) is 9.78 Å². The lowest BCUT2D eigenvalue weighted by Crippen LogP contribution is -2.24. The summed E-state index contributed by atoms with van der Waals surface area (Å²) in [5.41, 5.74) is 11.3. The molecule has 3 rings (SSSR count). The zero-order valence-electron chi connectivity index (χ0n) is 14.5. The molecule has 7 heteroatoms. The maximum atomic E-state index is 14.8. The summed E-state index contributed by atoms with van der Waals surface area (Å²) in [5, 5.41) is 0.426. The number of hydrogen-bond acceptors (Lipinski definition) is 2. The van der Waals surface area contributed by atoms with Gasteiger partial charge in [0.15, 0.2) is 5.96 Å². The van der Waals surface area contributed by atoms with Gasteiger partial charge < -0.3 is 11.5 Å². The first-order valence-electron chi connectivity index (χ1n) is 8.43. The first kappa shape index (κ1) is 18.4. The zero-order chi connectivity index (χ0) is 19.4. The Kier molecular flexibility index (Phi) is 5.40. The number of nitrogens with two attached hydrogens (primary N) is 2. The van der Waals surface area contributed by atoms with Crippen molar-refractivity contribution in [1.29, 1.82) is 0 Å². The average molecular weight is 368 g/mol. The van der Waals surface area contributed by atoms with Crippen molar-refractivity contribution in [2.75, 3.05) is 0 Å². The van der Waals surface area contributed by atoms with Crippen LogP contribution in [0.25, 0.3) is 16.5 Å². The van der Waals surface area contributed by atoms with Gasteiger partial charge in [-0.1, -0.05) is 6.08 Å². The van der Waals surface area contributed by atoms with Gasteiger partial charge >= 0.3 is 0 Å². The fraction of sp³-hybridized carbons (Fsp3) is 0.150. The number of pyridine rings is 1. The van der Waals surface area contributed by atoms with Crippen LogP contribution in [0.15, 0.2) is 65.3 Å². The Balaban J connectivity index is 2.24. The predicted molar refractivity (Wildman–Crippen MR) is 102 cm³/mol. The van der Waals surface area contributed by atoms with Gasteiger partial charge in [0, 0.05) is 17.1 Å². The Hall–Kier alpha value is -3.35. The van der Waals surface area contributed by atoms with E-state index >= 15 is 0 Å². The third-order valence-corrected chi connectivity index (χ3v) is 4.13. The molecule has 5 nitrogen and oxygen atoms in total. The molecule has 1 aliphatic carbocycles. The van der Waals surface area contributed by atoms with Gasteiger partial charge in [-0.2, -0.15) is 4.99 Å². The Labute approximate surface area is 154 Å². The van der Waals surface area contributed by atoms with Crippen LogP contribution in [0.4, 0.5) is 8.78 Å². The van der Waals surface area contributed by atoms with Crippen molar-refractivity contribution in [1.82, 2.24) is 4.98 Å². The van der Waals surface area contributed by atoms with Crippen molar-refractivity contribution in [3.05, 3.63) is 71.5 Å². The molecular formula is C20H18F2N4O. The largest absolute Gasteiger partial charge is 0.370 e. The molecule has 138 valence electrons. The number of amides is 1. The van der Waals surface area contributed by atoms with Gasteiger partial charge in [0.1, 0.15) is 11.7 Å². The third kappa shape index (κ3) is 4.08. The monoisotopic (exact) mass is 368 g/mol. The van der Waals surface area contributed by atoms with Gasteiger partial charge in [-0.15, -0.1) is 0 Å². The van der Waals surface area contributed by atoms with E-state index in [1.807, 2.05) is 0 Å². The van der Waals surface area contributed by atoms with E-state index in [1.165, 1.54) is 36.5 Å². The number of nitrogens with zero attached hydrogens (tertiary/aromatic N) is 2. The number of aromatic nitrogens is 1. The van der Waals surface area contributed by atoms with Crippen molar-refractivity contribution < 1.29 is 13.6 Å². The molecule has 1 aliphatic rings. The highest BCUT2D eigenvalue weighted by molar-refractivity contribution is 6.05. The van der Waals surface area contributed by atoms with Crippen LogP contribution in [0.2, 0.25) is 0 Å². The molecule has 0 fully saturated rings. The van der Waals surface area contributed by atoms with E-state index in [0.29, 0.717) is 29.3 Å². The zero-order valence-corrected chi connectivity index (χ0v) is 14.5. The van der Waals surface area contributed by atoms with Gasteiger partial charge in [0.05, 0.1) is 11.1 Å². The molecule has 4 N–H and O–H groups in total. The molecule has 1 heterocycles. The van der Waals surface area contributed by atoms with E-state index in [2.05, 4.69) is 9.98 Å². The predicted octanol–water partition coefficient (Wildman–Crippen LogP) is 3.92. The Morgan fingerprint density at radius 1 is 1.15 bits per heavy atom. The third-order valence-electron chi connectivity index (χ3n) is 4.13. The number of carbonyl (C=O) groups excluding carboxylic acids is 1. The molecule has 1 aromatic carbocycles. The Bertz CT molecular complexity index is 1020. The number of benzene rings is 1. The van der Waals surface area contributed by atoms with Gasteiger partial charge in [-0.25, -0.2) is 8.78 Å². The number of fused-ring (bicyclic) bond motifs is 1. The second-order valence-corrected chi connectivity index (χ2v) is 6.04. The van der Waals surface area contributed by atoms with Crippen molar-refractivity contribution in [3.63, 3.8) is 0 Å². The molecule has 0 radical (unpaired) electrons. The van der Waals surface area contributed by atoms with Gasteiger partial charge in [0.25, 0.3) is 5.91 Å². The van der Waals surface area contributed by atoms with Gasteiger partial charge in [-0.05, 0) is 61.2 Å². The molecule has 0 atom stereocenters. The molecule has 0 saturated carbocycles. The topological polar surface area (TPSA) is 94.4 Å². The van der Waals surface area contributed by atoms with Crippen molar-refractivity contribution in [2.45, 2.75) is 19.3 Å². The fourth-order valence-electron chi connectivity index (χ4n) is 2.89. The van der Waals surface area contributed by atoms with Crippen LogP contribution in [0.1, 0.15) is 35.2 Å². The van der Waals surface area contributed by atoms with E-state index in [-0.39, 0.29) is 17.1 Å². The first-order chi connectivity index (χ1) is 13.0. The second-order valence-electron chi connectivity index (χ2n) is 6.04. The summed E-state index contributed by atoms with van der Waals surface area (Å²) in [6.07, 6.45) is 7.71. The van der Waals surface area contributed by atoms with E-state index in [4.69, 9.17) is 11.5 Å². The van der Waals surface area contributed by atoms with Gasteiger partial charge in [0.2, 0.25) is 0 Å². The summed E-state index contributed by atoms with van der Waals surface area (Å²) >= 11 is 0. The molecule has 0 aliphatic heterocycles. The lowest BCUT2D eigenvalue weighted by atomic mass is 9.97. The molecule has 27 heavy (non-hydrogen) atoms. The van der Waals surface area contributed by atoms with E-state index < -0.39 is 17.6 Å². The second kappa shape index (κ2) is 7.90. The number of rotatable bonds is 2. The van der Waals surface area contributed by atoms with Crippen molar-refractivity contribution in [2.24, 2.45) is 16.5 Å². The molecular weight excluding hydrogens is 350 g/mol. The number of hydrogen-bond donors (Lipinski definition) is 2. The highest BCUT2D eigenvalue weighted by atomic mass is 19.1. The first-order valence-corrected chi connectivity index (χ1v) is 8.43. The van der Waals surface area contributed by atoms with Crippen LogP contribution in [0.5, 0.6) is 0 Å². The quantitative estimate of drug-likeness (QED) is 0.620. The van der Waals surface area contributed by atoms with Crippen LogP contribution >= 0.6 is 0 Å². The highest BCUT2D eigenvalue weighted by Crippen LogP contribution is 2.35. The summed E-state index contributed by atoms with van der Waals surface area (Å²) in [4.78, 5) is 19.8. The van der Waals surface area contributed by atoms with E-state index in [0.717, 1.165) is 6.42 Å². The summed E-state index contributed by atoms with van der Waals surface area (Å²) < 4.78 is 29.5. The molecule has 1 amide bonds. The lowest BCUT2D eigenvalue weighted by molar-refractivity contribution is 0.100. The molecule has 0 spiro atoms. The van der Waals surface area contributed by atoms with Crippen LogP contribution in [-0.4, -0.2) is 16.9 Å². The fourth-order valence-corrected chi connectivity index (χ4v) is 2.89. The minimum atomic E-state index is -0.681. The average Bonchev–Trinajstić information content (AvgIpc) is 2.71. The SMILES string of the molecule is NC(N)=NC(=O)c1ccc2nccc(C3=C(F)/C=C\CCC/C=C\3F)c2c1. The standard InChI is InChI=1S/C20H18F2N4O/c21-15-5-3-1-2-4-6-16(22)18(15)13-9-10-25-17-8-7-12(11-14(13)17)19(27)26-20(23)24/h3,5-11H,1-2,4H2,(H4,23,24,26,27)/b5-3-,16-6+,18-15+. The minimum absolute atomic E-state index is 0.160. The number of aliphatic imine (C=N–C) groups is 1. The van der Waals surface area contributed by atoms with Crippen LogP contribution in [0, 0.1) is 0 Å². The van der Waals surface area contributed by atoms with E-state index in [9.17, 15) is 13.6 Å². The maximum Gasteiger partial charge on any atom is 0.280 e. The summed E-state index contributed by atoms with van der Waals surface area (Å²) in [7, 11) is 0. The van der Waals surface area contributed by atoms with Crippen LogP contribution in [0.3, 0.4) is 0 Å². The smallest absolute Gasteiger partial charge is 0.280 e. The summed E-state index contributed by atoms with van der Waals surface area (Å²) in [6.45, 7) is 0. The van der Waals surface area contributed by atoms with Crippen LogP contribution < -0.4 is 11.5 Å². The molecule has 0 unspecified atom stereocenters. The minimum Gasteiger partial charge on any atom is -0.370 e. The molecule has 0 bridgehead atoms. The maximum absolute atomic E-state index is 14.8. The number of halogens is 2. The summed E-state index contributed by atoms with van der Waals surface area (Å²) in [6, 6.07) is 6.09. The molecule has 1 aromatic heterocycles. The molecule has 2 aromatic rings. The lowest BCUT2D eigenvalue weighted by Gasteiger charge is -2.11. The van der Waals surface area contributed by atoms with Crippen LogP contribution in [-0.2, 0) is 0 Å². The number of carbonyl (C=O) groups is 1. The Morgan fingerprint density at radius 2 is 1.96 bits per heavy atom. The molecule has 0 saturated heterocycles. The number of guanidine groups is 1. The Morgan fingerprint density at radius 3 is 2.74 bits per heavy atom. The number of allylic oxidation sites excluding steroid dienone is 6. The van der Waals surface area contributed by atoms with Crippen molar-refractivity contribution >= 4 is 28.3 Å². The van der Waals surface area contributed by atoms with Crippen molar-refractivity contribution in [3.8, 4) is 0 Å². The van der Waals surface area contributed by atoms with E-state index in [1.54, 1.807) is 12.1 Å². The highest BCUT2D eigenvalue weighted by Gasteiger charge is 2.18. The normalized spacial score (nSPS) is 20.7.